The number of carboxylic acids is 9. The largest absolute Gasteiger partial charge is 0.481 e. The molecule has 1 fully saturated rings. The van der Waals surface area contributed by atoms with E-state index in [0.29, 0.717) is 6.42 Å². The number of thioether (sulfide) groups is 1. The third-order valence-corrected chi connectivity index (χ3v) is 17.8. The molecule has 116 heavy (non-hydrogen) atoms. The molecule has 0 radical (unpaired) electrons. The van der Waals surface area contributed by atoms with Crippen molar-refractivity contribution in [1.29, 1.82) is 0 Å². The highest BCUT2D eigenvalue weighted by Crippen LogP contribution is 2.20. The van der Waals surface area contributed by atoms with Crippen molar-refractivity contribution in [2.75, 3.05) is 38.3 Å². The molecule has 0 aromatic rings. The van der Waals surface area contributed by atoms with E-state index >= 15 is 0 Å². The van der Waals surface area contributed by atoms with Crippen LogP contribution in [-0.4, -0.2) is 304 Å². The van der Waals surface area contributed by atoms with Crippen LogP contribution in [0.3, 0.4) is 0 Å². The van der Waals surface area contributed by atoms with Gasteiger partial charge in [0.2, 0.25) is 76.8 Å². The lowest BCUT2D eigenvalue weighted by Gasteiger charge is -2.28. The van der Waals surface area contributed by atoms with Crippen LogP contribution < -0.4 is 69.5 Å². The Labute approximate surface area is 666 Å². The molecule has 1 heterocycles. The molecule has 0 saturated carbocycles. The van der Waals surface area contributed by atoms with Crippen LogP contribution in [0.15, 0.2) is 0 Å². The molecule has 13 amide bonds. The van der Waals surface area contributed by atoms with Crippen LogP contribution in [0, 0.1) is 5.92 Å². The monoisotopic (exact) mass is 1680 g/mol. The number of ether oxygens (including phenoxy) is 1. The van der Waals surface area contributed by atoms with Crippen LogP contribution in [0.5, 0.6) is 0 Å². The average Bonchev–Trinajstić information content (AvgIpc) is 1.79. The Hall–Kier alpha value is -11.7. The Kier molecular flexibility index (Phi) is 47.1. The minimum Gasteiger partial charge on any atom is -0.481 e. The Morgan fingerprint density at radius 2 is 0.664 bits per heavy atom. The first-order valence-corrected chi connectivity index (χ1v) is 37.9. The molecule has 1 aliphatic rings. The molecular weight excluding hydrogens is 1570 g/mol. The molecule has 13 atom stereocenters. The van der Waals surface area contributed by atoms with Crippen molar-refractivity contribution in [3.05, 3.63) is 0 Å². The second-order valence-corrected chi connectivity index (χ2v) is 28.0. The fraction of sp³-hybridized carbons (Fsp3) is 0.662. The molecule has 23 N–H and O–H groups in total. The van der Waals surface area contributed by atoms with Gasteiger partial charge in [-0.3, -0.25) is 110 Å². The van der Waals surface area contributed by atoms with Gasteiger partial charge in [0, 0.05) is 76.6 Å². The Morgan fingerprint density at radius 3 is 0.957 bits per heavy atom. The molecule has 48 heteroatoms. The molecule has 1 rings (SSSR count). The summed E-state index contributed by atoms with van der Waals surface area (Å²) in [5.41, 5.74) is 5.73. The number of carbonyl (C=O) groups excluding carboxylic acids is 14. The van der Waals surface area contributed by atoms with Crippen LogP contribution in [-0.2, 0) is 115 Å². The Bertz CT molecular complexity index is 3550. The summed E-state index contributed by atoms with van der Waals surface area (Å²) < 4.78 is 5.48. The lowest BCUT2D eigenvalue weighted by Crippen LogP contribution is -2.60. The zero-order valence-electron chi connectivity index (χ0n) is 64.2. The van der Waals surface area contributed by atoms with Crippen molar-refractivity contribution < 1.29 is 161 Å². The van der Waals surface area contributed by atoms with Crippen LogP contribution in [0.1, 0.15) is 163 Å². The number of hydrogen-bond donors (Lipinski definition) is 22. The van der Waals surface area contributed by atoms with Gasteiger partial charge in [0.1, 0.15) is 73.1 Å². The fourth-order valence-electron chi connectivity index (χ4n) is 10.9. The number of nitrogens with zero attached hydrogens (tertiary/aromatic N) is 1. The van der Waals surface area contributed by atoms with Crippen molar-refractivity contribution in [3.63, 3.8) is 0 Å². The van der Waals surface area contributed by atoms with Gasteiger partial charge < -0.3 is 125 Å². The number of Topliss-reactive ketones (excluding diaryl/α,β-unsaturated/α-hetero) is 1. The summed E-state index contributed by atoms with van der Waals surface area (Å²) in [4.78, 5) is 297. The molecule has 1 aliphatic heterocycles. The van der Waals surface area contributed by atoms with E-state index in [-0.39, 0.29) is 36.8 Å². The first-order valence-electron chi connectivity index (χ1n) is 36.5. The normalized spacial score (nSPS) is 15.4. The molecule has 47 nitrogen and oxygen atoms in total. The zero-order chi connectivity index (χ0) is 88.2. The highest BCUT2D eigenvalue weighted by Gasteiger charge is 2.40. The molecule has 0 bridgehead atoms. The van der Waals surface area contributed by atoms with E-state index in [1.807, 2.05) is 0 Å². The SMILES string of the molecule is CSC[C@H](NC(=O)[C@H](C)NC(=O)[C@H](CC(C)C)NC(=O)[C@@H]1CCCN1C(=O)COCCNC(=O)[C@@H](CCC(=O)O)NC(=O)[C@@H](CCC(=O)O)NC(=O)[C@@H](CCC(=O)O)NC(=O)[C@@H](CCC(=O)O)NC(=O)[C@@H](CCC(=O)O)NC(=O)[C@@H](CCC(=O)O)NC(=O)[C@@H](CCC(=O)O)NC(=O)[C@@H](CCC(=O)O)NC(=O)[C@H](N)CCC(=O)O)C(C)=O. The molecule has 0 spiro atoms. The summed E-state index contributed by atoms with van der Waals surface area (Å²) >= 11 is 1.32. The lowest BCUT2D eigenvalue weighted by atomic mass is 10.0. The van der Waals surface area contributed by atoms with Gasteiger partial charge >= 0.3 is 53.7 Å². The van der Waals surface area contributed by atoms with E-state index in [2.05, 4.69) is 63.8 Å². The highest BCUT2D eigenvalue weighted by molar-refractivity contribution is 7.98. The number of amides is 13. The number of likely N-dealkylation sites (tertiary alicyclic amines) is 1. The zero-order valence-corrected chi connectivity index (χ0v) is 65.0. The van der Waals surface area contributed by atoms with Crippen LogP contribution >= 0.6 is 11.8 Å². The van der Waals surface area contributed by atoms with Gasteiger partial charge in [-0.1, -0.05) is 13.8 Å². The number of carboxylic acid groups (broad SMARTS) is 9. The van der Waals surface area contributed by atoms with Crippen LogP contribution in [0.25, 0.3) is 0 Å². The number of rotatable bonds is 60. The summed E-state index contributed by atoms with van der Waals surface area (Å²) in [5.74, 6) is -29.6. The van der Waals surface area contributed by atoms with Gasteiger partial charge in [-0.25, -0.2) is 0 Å². The van der Waals surface area contributed by atoms with Crippen molar-refractivity contribution in [3.8, 4) is 0 Å². The maximum absolute atomic E-state index is 14.2. The van der Waals surface area contributed by atoms with E-state index in [0.717, 1.165) is 0 Å². The van der Waals surface area contributed by atoms with Crippen molar-refractivity contribution in [1.82, 2.24) is 68.7 Å². The summed E-state index contributed by atoms with van der Waals surface area (Å²) in [6.45, 7) is 4.81. The molecule has 0 aromatic carbocycles. The smallest absolute Gasteiger partial charge is 0.303 e. The molecular formula is C68H104N14O33S. The number of aliphatic carboxylic acids is 9. The minimum atomic E-state index is -2.18. The molecule has 0 aliphatic carbocycles. The van der Waals surface area contributed by atoms with E-state index < -0.39 is 344 Å². The maximum Gasteiger partial charge on any atom is 0.303 e. The number of nitrogens with one attached hydrogen (secondary N) is 12. The average molecular weight is 1680 g/mol. The predicted octanol–water partition coefficient (Wildman–Crippen LogP) is -6.43. The highest BCUT2D eigenvalue weighted by atomic mass is 32.2. The van der Waals surface area contributed by atoms with Gasteiger partial charge in [-0.05, 0) is 103 Å². The Morgan fingerprint density at radius 1 is 0.379 bits per heavy atom. The molecule has 1 saturated heterocycles. The number of carbonyl (C=O) groups is 23. The van der Waals surface area contributed by atoms with E-state index in [9.17, 15) is 151 Å². The topological polar surface area (TPSA) is 758 Å². The predicted molar refractivity (Wildman–Crippen MR) is 394 cm³/mol. The second-order valence-electron chi connectivity index (χ2n) is 27.1. The van der Waals surface area contributed by atoms with E-state index in [1.165, 1.54) is 30.5 Å². The minimum absolute atomic E-state index is 0.0884. The number of hydrogen-bond acceptors (Lipinski definition) is 26. The molecule has 650 valence electrons. The summed E-state index contributed by atoms with van der Waals surface area (Å²) in [5, 5.41) is 112. The maximum atomic E-state index is 14.2. The summed E-state index contributed by atoms with van der Waals surface area (Å²) in [6.07, 6.45) is -13.0. The van der Waals surface area contributed by atoms with E-state index in [4.69, 9.17) is 15.6 Å². The van der Waals surface area contributed by atoms with Gasteiger partial charge in [-0.15, -0.1) is 0 Å². The summed E-state index contributed by atoms with van der Waals surface area (Å²) in [7, 11) is 0. The van der Waals surface area contributed by atoms with E-state index in [1.54, 1.807) is 20.1 Å². The van der Waals surface area contributed by atoms with Gasteiger partial charge in [-0.2, -0.15) is 11.8 Å². The standard InChI is InChI=1S/C68H104N14O33S/c1-32(2)29-44(67(113)71-33(3)57(103)81-45(31-116-5)34(4)83)80-68(114)46-7-6-27-82(46)47(84)30-115-28-26-70-59(105)36(9-18-49(87)88)73-61(107)38(11-20-51(91)92)75-63(109)40(13-22-53(95)96)77-65(111)42(15-24-55(99)100)79-66(112)43(16-25-56(101)102)78-64(110)41(14-23-54(97)98)76-62(108)39(12-21-52(93)94)74-60(106)37(10-19-50(89)90)72-58(104)35(69)8-17-48(85)86/h32-33,35-46H,6-31,69H2,1-5H3,(H,70,105)(H,71,113)(H,72,104)(H,73,107)(H,74,106)(H,75,109)(H,76,108)(H,77,111)(H,78,110)(H,79,112)(H,80,114)(H,81,103)(H,85,86)(H,87,88)(H,89,90)(H,91,92)(H,93,94)(H,95,96)(H,97,98)(H,99,100)(H,101,102)/t33-,35+,36+,37+,38+,39+,40+,41+,42+,43+,44-,45-,46-/m0/s1. The van der Waals surface area contributed by atoms with Crippen LogP contribution in [0.4, 0.5) is 0 Å². The number of ketones is 1. The fourth-order valence-corrected chi connectivity index (χ4v) is 11.6. The van der Waals surface area contributed by atoms with Crippen molar-refractivity contribution in [2.45, 2.75) is 241 Å². The number of nitrogens with two attached hydrogens (primary N) is 1. The molecule has 0 unspecified atom stereocenters. The third-order valence-electron chi connectivity index (χ3n) is 17.1. The first-order chi connectivity index (χ1) is 54.3. The second kappa shape index (κ2) is 53.4. The van der Waals surface area contributed by atoms with Crippen molar-refractivity contribution in [2.24, 2.45) is 11.7 Å². The first kappa shape index (κ1) is 102. The van der Waals surface area contributed by atoms with Gasteiger partial charge in [0.05, 0.1) is 18.7 Å². The molecule has 0 aromatic heterocycles. The van der Waals surface area contributed by atoms with Crippen LogP contribution in [0.2, 0.25) is 0 Å². The third kappa shape index (κ3) is 41.9. The summed E-state index contributed by atoms with van der Waals surface area (Å²) in [6, 6.07) is -22.1. The van der Waals surface area contributed by atoms with Crippen molar-refractivity contribution >= 4 is 148 Å². The quantitative estimate of drug-likeness (QED) is 0.0252. The van der Waals surface area contributed by atoms with Gasteiger partial charge in [0.25, 0.3) is 0 Å². The lowest BCUT2D eigenvalue weighted by molar-refractivity contribution is -0.143. The Balaban J connectivity index is 3.54. The van der Waals surface area contributed by atoms with Gasteiger partial charge in [0.15, 0.2) is 5.78 Å².